The molecule has 0 saturated carbocycles. The third-order valence-corrected chi connectivity index (χ3v) is 5.75. The van der Waals surface area contributed by atoms with E-state index in [1.54, 1.807) is 12.5 Å². The summed E-state index contributed by atoms with van der Waals surface area (Å²) in [5, 5.41) is 7.95. The van der Waals surface area contributed by atoms with Crippen molar-refractivity contribution in [3.05, 3.63) is 120 Å². The van der Waals surface area contributed by atoms with Crippen molar-refractivity contribution in [2.75, 3.05) is 5.32 Å². The topological polar surface area (TPSA) is 72.7 Å². The Morgan fingerprint density at radius 1 is 1.06 bits per heavy atom. The van der Waals surface area contributed by atoms with Crippen LogP contribution in [0.1, 0.15) is 27.3 Å². The third-order valence-electron chi connectivity index (χ3n) is 5.75. The highest BCUT2D eigenvalue weighted by atomic mass is 16.2. The first-order valence-corrected chi connectivity index (χ1v) is 10.3. The highest BCUT2D eigenvalue weighted by Gasteiger charge is 2.39. The Morgan fingerprint density at radius 2 is 1.81 bits per heavy atom. The molecule has 0 amide bonds. The van der Waals surface area contributed by atoms with Gasteiger partial charge in [-0.2, -0.15) is 4.68 Å². The molecule has 0 fully saturated rings. The molecule has 2 aromatic heterocycles. The van der Waals surface area contributed by atoms with Crippen molar-refractivity contribution in [2.45, 2.75) is 11.8 Å². The number of nitrogens with zero attached hydrogens (tertiary/aromatic N) is 4. The number of rotatable bonds is 5. The SMILES string of the molecule is C=CC(=O)n1nc(Nc2ccccc2)c2c1CC(c1ccccc1)(c1ccncn1)C=C2. The molecule has 1 unspecified atom stereocenters. The smallest absolute Gasteiger partial charge is 0.270 e. The summed E-state index contributed by atoms with van der Waals surface area (Å²) in [6.07, 6.45) is 9.27. The van der Waals surface area contributed by atoms with Gasteiger partial charge in [0.15, 0.2) is 5.82 Å². The minimum atomic E-state index is -0.555. The Morgan fingerprint density at radius 3 is 2.50 bits per heavy atom. The molecule has 6 heteroatoms. The third kappa shape index (κ3) is 3.32. The van der Waals surface area contributed by atoms with Crippen LogP contribution < -0.4 is 5.32 Å². The van der Waals surface area contributed by atoms with Gasteiger partial charge in [0, 0.05) is 23.9 Å². The maximum Gasteiger partial charge on any atom is 0.270 e. The first-order chi connectivity index (χ1) is 15.7. The Labute approximate surface area is 186 Å². The number of allylic oxidation sites excluding steroid dienone is 2. The van der Waals surface area contributed by atoms with Crippen molar-refractivity contribution in [1.29, 1.82) is 0 Å². The number of hydrogen-bond acceptors (Lipinski definition) is 5. The predicted octanol–water partition coefficient (Wildman–Crippen LogP) is 4.80. The fourth-order valence-electron chi connectivity index (χ4n) is 4.19. The lowest BCUT2D eigenvalue weighted by Gasteiger charge is -2.33. The summed E-state index contributed by atoms with van der Waals surface area (Å²) < 4.78 is 1.44. The van der Waals surface area contributed by atoms with Gasteiger partial charge in [0.25, 0.3) is 5.91 Å². The van der Waals surface area contributed by atoms with Crippen molar-refractivity contribution < 1.29 is 4.79 Å². The van der Waals surface area contributed by atoms with Crippen LogP contribution in [0.3, 0.4) is 0 Å². The number of carbonyl (C=O) groups is 1. The number of para-hydroxylation sites is 1. The predicted molar refractivity (Wildman–Crippen MR) is 125 cm³/mol. The molecule has 6 nitrogen and oxygen atoms in total. The summed E-state index contributed by atoms with van der Waals surface area (Å²) in [7, 11) is 0. The summed E-state index contributed by atoms with van der Waals surface area (Å²) in [6.45, 7) is 3.66. The Bertz CT molecular complexity index is 1250. The van der Waals surface area contributed by atoms with Crippen LogP contribution in [-0.4, -0.2) is 25.7 Å². The van der Waals surface area contributed by atoms with E-state index < -0.39 is 5.41 Å². The van der Waals surface area contributed by atoms with Crippen LogP contribution >= 0.6 is 0 Å². The van der Waals surface area contributed by atoms with E-state index in [-0.39, 0.29) is 5.91 Å². The molecule has 156 valence electrons. The minimum Gasteiger partial charge on any atom is -0.338 e. The number of nitrogens with one attached hydrogen (secondary N) is 1. The van der Waals surface area contributed by atoms with Gasteiger partial charge in [-0.25, -0.2) is 9.97 Å². The second-order valence-electron chi connectivity index (χ2n) is 7.60. The lowest BCUT2D eigenvalue weighted by Crippen LogP contribution is -2.33. The quantitative estimate of drug-likeness (QED) is 0.471. The molecule has 2 aromatic carbocycles. The molecule has 1 atom stereocenters. The maximum absolute atomic E-state index is 12.7. The Balaban J connectivity index is 1.68. The van der Waals surface area contributed by atoms with Crippen molar-refractivity contribution in [3.63, 3.8) is 0 Å². The zero-order valence-corrected chi connectivity index (χ0v) is 17.3. The second-order valence-corrected chi connectivity index (χ2v) is 7.60. The zero-order chi connectivity index (χ0) is 22.0. The molecule has 1 aliphatic rings. The number of anilines is 2. The number of fused-ring (bicyclic) bond motifs is 1. The monoisotopic (exact) mass is 419 g/mol. The van der Waals surface area contributed by atoms with Gasteiger partial charge in [0.2, 0.25) is 0 Å². The highest BCUT2D eigenvalue weighted by Crippen LogP contribution is 2.42. The molecular weight excluding hydrogens is 398 g/mol. The normalized spacial score (nSPS) is 16.9. The lowest BCUT2D eigenvalue weighted by atomic mass is 9.70. The number of hydrogen-bond donors (Lipinski definition) is 1. The van der Waals surface area contributed by atoms with Crippen LogP contribution in [0, 0.1) is 0 Å². The molecule has 0 aliphatic heterocycles. The van der Waals surface area contributed by atoms with Crippen molar-refractivity contribution in [2.24, 2.45) is 0 Å². The van der Waals surface area contributed by atoms with Crippen LogP contribution in [0.2, 0.25) is 0 Å². The van der Waals surface area contributed by atoms with E-state index >= 15 is 0 Å². The van der Waals surface area contributed by atoms with E-state index in [0.29, 0.717) is 12.2 Å². The van der Waals surface area contributed by atoms with E-state index in [4.69, 9.17) is 0 Å². The minimum absolute atomic E-state index is 0.276. The van der Waals surface area contributed by atoms with Crippen molar-refractivity contribution >= 4 is 23.5 Å². The molecule has 5 rings (SSSR count). The van der Waals surface area contributed by atoms with Gasteiger partial charge in [-0.15, -0.1) is 5.10 Å². The first-order valence-electron chi connectivity index (χ1n) is 10.3. The summed E-state index contributed by atoms with van der Waals surface area (Å²) in [6, 6.07) is 21.9. The first kappa shape index (κ1) is 19.6. The molecular formula is C26H21N5O. The van der Waals surface area contributed by atoms with E-state index in [1.807, 2.05) is 60.7 Å². The fraction of sp³-hybridized carbons (Fsp3) is 0.0769. The van der Waals surface area contributed by atoms with Gasteiger partial charge >= 0.3 is 0 Å². The maximum atomic E-state index is 12.7. The Kier molecular flexibility index (Phi) is 4.95. The van der Waals surface area contributed by atoms with E-state index in [9.17, 15) is 4.79 Å². The zero-order valence-electron chi connectivity index (χ0n) is 17.3. The molecule has 0 saturated heterocycles. The summed E-state index contributed by atoms with van der Waals surface area (Å²) in [5.41, 5.74) is 3.97. The van der Waals surface area contributed by atoms with Gasteiger partial charge in [-0.05, 0) is 29.8 Å². The second kappa shape index (κ2) is 8.07. The molecule has 4 aromatic rings. The highest BCUT2D eigenvalue weighted by molar-refractivity contribution is 5.91. The molecule has 2 heterocycles. The summed E-state index contributed by atoms with van der Waals surface area (Å²) >= 11 is 0. The molecule has 0 spiro atoms. The number of benzene rings is 2. The molecule has 0 bridgehead atoms. The van der Waals surface area contributed by atoms with Gasteiger partial charge in [0.1, 0.15) is 6.33 Å². The van der Waals surface area contributed by atoms with Crippen molar-refractivity contribution in [3.8, 4) is 0 Å². The fourth-order valence-corrected chi connectivity index (χ4v) is 4.19. The van der Waals surface area contributed by atoms with E-state index in [1.165, 1.54) is 10.8 Å². The van der Waals surface area contributed by atoms with Gasteiger partial charge in [-0.1, -0.05) is 67.3 Å². The number of carbonyl (C=O) groups excluding carboxylic acids is 1. The standard InChI is InChI=1S/C26H21N5O/c1-2-24(32)31-22-17-26(19-9-5-3-6-10-19,23-14-16-27-18-28-23)15-13-21(22)25(30-31)29-20-11-7-4-8-12-20/h2-16,18H,1,17H2,(H,29,30). The summed E-state index contributed by atoms with van der Waals surface area (Å²) in [4.78, 5) is 21.4. The molecule has 0 radical (unpaired) electrons. The van der Waals surface area contributed by atoms with E-state index in [0.717, 1.165) is 28.2 Å². The van der Waals surface area contributed by atoms with Crippen LogP contribution in [0.25, 0.3) is 6.08 Å². The average Bonchev–Trinajstić information content (AvgIpc) is 3.22. The van der Waals surface area contributed by atoms with Gasteiger partial charge < -0.3 is 5.32 Å². The van der Waals surface area contributed by atoms with E-state index in [2.05, 4.69) is 45.2 Å². The van der Waals surface area contributed by atoms with Gasteiger partial charge in [0.05, 0.1) is 16.8 Å². The van der Waals surface area contributed by atoms with Crippen LogP contribution in [0.5, 0.6) is 0 Å². The lowest BCUT2D eigenvalue weighted by molar-refractivity contribution is 0.0950. The Hall–Kier alpha value is -4.32. The molecule has 32 heavy (non-hydrogen) atoms. The largest absolute Gasteiger partial charge is 0.338 e. The van der Waals surface area contributed by atoms with Gasteiger partial charge in [-0.3, -0.25) is 4.79 Å². The number of aromatic nitrogens is 4. The van der Waals surface area contributed by atoms with Crippen molar-refractivity contribution in [1.82, 2.24) is 19.7 Å². The molecule has 1 N–H and O–H groups in total. The summed E-state index contributed by atoms with van der Waals surface area (Å²) in [5.74, 6) is 0.351. The van der Waals surface area contributed by atoms with Crippen LogP contribution in [-0.2, 0) is 11.8 Å². The van der Waals surface area contributed by atoms with Crippen LogP contribution in [0.4, 0.5) is 11.5 Å². The average molecular weight is 419 g/mol. The molecule has 1 aliphatic carbocycles. The van der Waals surface area contributed by atoms with Crippen LogP contribution in [0.15, 0.2) is 98.0 Å².